The van der Waals surface area contributed by atoms with Crippen molar-refractivity contribution in [3.05, 3.63) is 27.7 Å². The maximum atomic E-state index is 12.6. The van der Waals surface area contributed by atoms with Crippen LogP contribution in [0.3, 0.4) is 0 Å². The molecule has 0 atom stereocenters. The van der Waals surface area contributed by atoms with Crippen molar-refractivity contribution in [1.29, 1.82) is 0 Å². The Morgan fingerprint density at radius 2 is 2.16 bits per heavy atom. The first kappa shape index (κ1) is 14.8. The maximum absolute atomic E-state index is 12.6. The second-order valence-corrected chi connectivity index (χ2v) is 5.97. The van der Waals surface area contributed by atoms with Gasteiger partial charge in [-0.1, -0.05) is 11.6 Å². The summed E-state index contributed by atoms with van der Waals surface area (Å²) >= 11 is 9.41. The topological polar surface area (TPSA) is 32.3 Å². The number of hydrogen-bond acceptors (Lipinski definition) is 2. The molecule has 0 unspecified atom stereocenters. The highest BCUT2D eigenvalue weighted by Gasteiger charge is 2.26. The highest BCUT2D eigenvalue weighted by molar-refractivity contribution is 9.10. The number of benzene rings is 1. The molecule has 19 heavy (non-hydrogen) atoms. The van der Waals surface area contributed by atoms with Crippen molar-refractivity contribution in [3.63, 3.8) is 0 Å². The Balaban J connectivity index is 2.18. The average molecular weight is 346 g/mol. The van der Waals surface area contributed by atoms with Gasteiger partial charge in [-0.2, -0.15) is 0 Å². The number of carbonyl (C=O) groups is 1. The minimum atomic E-state index is 0.135. The van der Waals surface area contributed by atoms with E-state index in [-0.39, 0.29) is 11.8 Å². The molecule has 1 heterocycles. The van der Waals surface area contributed by atoms with Gasteiger partial charge in [0, 0.05) is 22.6 Å². The van der Waals surface area contributed by atoms with Crippen LogP contribution in [0.2, 0.25) is 5.02 Å². The smallest absolute Gasteiger partial charge is 0.230 e. The van der Waals surface area contributed by atoms with Crippen LogP contribution in [-0.2, 0) is 4.79 Å². The van der Waals surface area contributed by atoms with Crippen molar-refractivity contribution in [1.82, 2.24) is 5.32 Å². The fourth-order valence-corrected chi connectivity index (χ4v) is 2.89. The second kappa shape index (κ2) is 6.73. The zero-order valence-corrected chi connectivity index (χ0v) is 13.3. The van der Waals surface area contributed by atoms with E-state index < -0.39 is 0 Å². The lowest BCUT2D eigenvalue weighted by Crippen LogP contribution is -2.41. The first-order chi connectivity index (χ1) is 9.13. The maximum Gasteiger partial charge on any atom is 0.230 e. The predicted octanol–water partition coefficient (Wildman–Crippen LogP) is 3.46. The van der Waals surface area contributed by atoms with Crippen molar-refractivity contribution < 1.29 is 4.79 Å². The van der Waals surface area contributed by atoms with Crippen molar-refractivity contribution in [2.24, 2.45) is 5.92 Å². The Kier molecular flexibility index (Phi) is 5.25. The van der Waals surface area contributed by atoms with Crippen LogP contribution >= 0.6 is 27.5 Å². The lowest BCUT2D eigenvalue weighted by molar-refractivity contribution is -0.123. The molecule has 0 radical (unpaired) electrons. The quantitative estimate of drug-likeness (QED) is 0.910. The summed E-state index contributed by atoms with van der Waals surface area (Å²) in [5.74, 6) is 0.355. The molecule has 1 saturated heterocycles. The molecule has 0 bridgehead atoms. The van der Waals surface area contributed by atoms with Gasteiger partial charge in [-0.25, -0.2) is 0 Å². The summed E-state index contributed by atoms with van der Waals surface area (Å²) in [6.07, 6.45) is 1.84. The molecule has 1 aromatic rings. The summed E-state index contributed by atoms with van der Waals surface area (Å²) < 4.78 is 0.822. The number of carbonyl (C=O) groups excluding carboxylic acids is 1. The number of amides is 1. The molecule has 0 aromatic heterocycles. The Morgan fingerprint density at radius 1 is 1.47 bits per heavy atom. The average Bonchev–Trinajstić information content (AvgIpc) is 2.44. The van der Waals surface area contributed by atoms with Crippen molar-refractivity contribution in [2.75, 3.05) is 24.5 Å². The van der Waals surface area contributed by atoms with E-state index in [0.717, 1.165) is 36.1 Å². The SMILES string of the molecule is CCN(C(=O)C1CCNCC1)c1ccc(Cl)c(Br)c1. The zero-order valence-electron chi connectivity index (χ0n) is 11.0. The lowest BCUT2D eigenvalue weighted by atomic mass is 9.96. The molecule has 0 saturated carbocycles. The van der Waals surface area contributed by atoms with Crippen LogP contribution in [0.1, 0.15) is 19.8 Å². The molecule has 1 amide bonds. The summed E-state index contributed by atoms with van der Waals surface area (Å²) in [7, 11) is 0. The number of anilines is 1. The van der Waals surface area contributed by atoms with E-state index in [4.69, 9.17) is 11.6 Å². The van der Waals surface area contributed by atoms with Crippen LogP contribution in [0.5, 0.6) is 0 Å². The summed E-state index contributed by atoms with van der Waals surface area (Å²) in [6, 6.07) is 5.62. The zero-order chi connectivity index (χ0) is 13.8. The number of hydrogen-bond donors (Lipinski definition) is 1. The van der Waals surface area contributed by atoms with Crippen molar-refractivity contribution in [2.45, 2.75) is 19.8 Å². The van der Waals surface area contributed by atoms with Gasteiger partial charge in [-0.15, -0.1) is 0 Å². The van der Waals surface area contributed by atoms with Crippen LogP contribution in [0.25, 0.3) is 0 Å². The Morgan fingerprint density at radius 3 is 2.74 bits per heavy atom. The van der Waals surface area contributed by atoms with Crippen LogP contribution in [-0.4, -0.2) is 25.5 Å². The normalized spacial score (nSPS) is 16.4. The van der Waals surface area contributed by atoms with Crippen molar-refractivity contribution >= 4 is 39.1 Å². The molecular formula is C14H18BrClN2O. The lowest BCUT2D eigenvalue weighted by Gasteiger charge is -2.29. The van der Waals surface area contributed by atoms with Gasteiger partial charge in [-0.3, -0.25) is 4.79 Å². The van der Waals surface area contributed by atoms with Crippen LogP contribution in [0.4, 0.5) is 5.69 Å². The molecule has 1 fully saturated rings. The second-order valence-electron chi connectivity index (χ2n) is 4.71. The summed E-state index contributed by atoms with van der Waals surface area (Å²) in [5.41, 5.74) is 0.905. The predicted molar refractivity (Wildman–Crippen MR) is 82.8 cm³/mol. The fourth-order valence-electron chi connectivity index (χ4n) is 2.41. The third-order valence-corrected chi connectivity index (χ3v) is 4.70. The first-order valence-corrected chi connectivity index (χ1v) is 7.77. The number of nitrogens with zero attached hydrogens (tertiary/aromatic N) is 1. The van der Waals surface area contributed by atoms with E-state index in [1.165, 1.54) is 0 Å². The van der Waals surface area contributed by atoms with Gasteiger partial charge < -0.3 is 10.2 Å². The van der Waals surface area contributed by atoms with Gasteiger partial charge in [0.1, 0.15) is 0 Å². The molecule has 1 N–H and O–H groups in total. The molecule has 1 aromatic carbocycles. The number of nitrogens with one attached hydrogen (secondary N) is 1. The van der Waals surface area contributed by atoms with Gasteiger partial charge in [0.15, 0.2) is 0 Å². The van der Waals surface area contributed by atoms with Crippen LogP contribution in [0, 0.1) is 5.92 Å². The van der Waals surface area contributed by atoms with E-state index in [0.29, 0.717) is 11.6 Å². The molecule has 0 aliphatic carbocycles. The van der Waals surface area contributed by atoms with Gasteiger partial charge in [0.05, 0.1) is 5.02 Å². The van der Waals surface area contributed by atoms with Gasteiger partial charge in [0.2, 0.25) is 5.91 Å². The van der Waals surface area contributed by atoms with E-state index in [1.54, 1.807) is 0 Å². The molecular weight excluding hydrogens is 328 g/mol. The van der Waals surface area contributed by atoms with E-state index in [9.17, 15) is 4.79 Å². The standard InChI is InChI=1S/C14H18BrClN2O/c1-2-18(11-3-4-13(16)12(15)9-11)14(19)10-5-7-17-8-6-10/h3-4,9-10,17H,2,5-8H2,1H3. The molecule has 0 spiro atoms. The van der Waals surface area contributed by atoms with E-state index >= 15 is 0 Å². The minimum absolute atomic E-state index is 0.135. The van der Waals surface area contributed by atoms with Crippen LogP contribution in [0.15, 0.2) is 22.7 Å². The van der Waals surface area contributed by atoms with Gasteiger partial charge >= 0.3 is 0 Å². The highest BCUT2D eigenvalue weighted by atomic mass is 79.9. The van der Waals surface area contributed by atoms with Gasteiger partial charge in [0.25, 0.3) is 0 Å². The third kappa shape index (κ3) is 3.50. The largest absolute Gasteiger partial charge is 0.317 e. The Hall–Kier alpha value is -0.580. The monoisotopic (exact) mass is 344 g/mol. The third-order valence-electron chi connectivity index (χ3n) is 3.49. The summed E-state index contributed by atoms with van der Waals surface area (Å²) in [4.78, 5) is 14.4. The summed E-state index contributed by atoms with van der Waals surface area (Å²) in [6.45, 7) is 4.54. The van der Waals surface area contributed by atoms with Crippen molar-refractivity contribution in [3.8, 4) is 0 Å². The Labute approximate surface area is 127 Å². The molecule has 3 nitrogen and oxygen atoms in total. The number of piperidine rings is 1. The molecule has 2 rings (SSSR count). The molecule has 1 aliphatic rings. The Bertz CT molecular complexity index is 461. The van der Waals surface area contributed by atoms with E-state index in [2.05, 4.69) is 21.2 Å². The fraction of sp³-hybridized carbons (Fsp3) is 0.500. The molecule has 104 valence electrons. The van der Waals surface area contributed by atoms with E-state index in [1.807, 2.05) is 30.0 Å². The molecule has 1 aliphatic heterocycles. The summed E-state index contributed by atoms with van der Waals surface area (Å²) in [5, 5.41) is 3.95. The van der Waals surface area contributed by atoms with Gasteiger partial charge in [-0.05, 0) is 67.0 Å². The molecule has 5 heteroatoms. The number of rotatable bonds is 3. The number of halogens is 2. The van der Waals surface area contributed by atoms with Crippen LogP contribution < -0.4 is 10.2 Å². The first-order valence-electron chi connectivity index (χ1n) is 6.60. The highest BCUT2D eigenvalue weighted by Crippen LogP contribution is 2.29. The minimum Gasteiger partial charge on any atom is -0.317 e.